The van der Waals surface area contributed by atoms with Crippen LogP contribution in [-0.4, -0.2) is 17.6 Å². The number of benzene rings is 1. The Balaban J connectivity index is 2.03. The van der Waals surface area contributed by atoms with Gasteiger partial charge in [0, 0.05) is 12.1 Å². The molecule has 1 heterocycles. The summed E-state index contributed by atoms with van der Waals surface area (Å²) in [7, 11) is 0. The number of thiophene rings is 1. The molecule has 20 heavy (non-hydrogen) atoms. The summed E-state index contributed by atoms with van der Waals surface area (Å²) in [5.41, 5.74) is 0.540. The van der Waals surface area contributed by atoms with Crippen LogP contribution in [0.5, 0.6) is 0 Å². The molecule has 0 spiro atoms. The molecule has 0 saturated carbocycles. The number of aliphatic hydroxyl groups is 1. The number of nitrogens with one attached hydrogen (secondary N) is 1. The number of aliphatic hydroxyl groups excluding tert-OH is 1. The minimum Gasteiger partial charge on any atom is -0.395 e. The maximum atomic E-state index is 12.8. The monoisotopic (exact) mass is 289 g/mol. The lowest BCUT2D eigenvalue weighted by molar-refractivity contribution is 0.103. The molecule has 0 saturated heterocycles. The summed E-state index contributed by atoms with van der Waals surface area (Å²) < 4.78 is 12.8. The fraction of sp³-hybridized carbons (Fsp3) is 0.133. The Hall–Kier alpha value is -2.16. The van der Waals surface area contributed by atoms with Gasteiger partial charge >= 0.3 is 0 Å². The Morgan fingerprint density at radius 2 is 2.00 bits per heavy atom. The van der Waals surface area contributed by atoms with Crippen LogP contribution in [0.4, 0.5) is 10.1 Å². The van der Waals surface area contributed by atoms with E-state index in [9.17, 15) is 9.18 Å². The van der Waals surface area contributed by atoms with Crippen molar-refractivity contribution in [2.45, 2.75) is 6.42 Å². The zero-order valence-electron chi connectivity index (χ0n) is 10.5. The zero-order valence-corrected chi connectivity index (χ0v) is 11.3. The van der Waals surface area contributed by atoms with E-state index in [-0.39, 0.29) is 18.3 Å². The molecule has 0 fully saturated rings. The molecule has 5 heteroatoms. The molecule has 0 aliphatic heterocycles. The summed E-state index contributed by atoms with van der Waals surface area (Å²) in [6.07, 6.45) is 0.412. The van der Waals surface area contributed by atoms with Crippen LogP contribution in [-0.2, 0) is 0 Å². The summed E-state index contributed by atoms with van der Waals surface area (Å²) in [5.74, 6) is 5.07. The third kappa shape index (κ3) is 3.92. The number of hydrogen-bond donors (Lipinski definition) is 2. The fourth-order valence-corrected chi connectivity index (χ4v) is 2.23. The van der Waals surface area contributed by atoms with Crippen molar-refractivity contribution in [2.24, 2.45) is 0 Å². The van der Waals surface area contributed by atoms with Crippen LogP contribution in [0.3, 0.4) is 0 Å². The molecule has 2 N–H and O–H groups in total. The van der Waals surface area contributed by atoms with Gasteiger partial charge in [-0.2, -0.15) is 0 Å². The molecule has 1 aromatic carbocycles. The molecule has 0 radical (unpaired) electrons. The molecular weight excluding hydrogens is 277 g/mol. The third-order valence-electron chi connectivity index (χ3n) is 2.38. The highest BCUT2D eigenvalue weighted by Gasteiger charge is 2.08. The van der Waals surface area contributed by atoms with Gasteiger partial charge in [-0.25, -0.2) is 4.39 Å². The average molecular weight is 289 g/mol. The van der Waals surface area contributed by atoms with E-state index in [1.807, 2.05) is 0 Å². The number of hydrogen-bond acceptors (Lipinski definition) is 3. The summed E-state index contributed by atoms with van der Waals surface area (Å²) in [5, 5.41) is 11.3. The third-order valence-corrected chi connectivity index (χ3v) is 3.38. The second-order valence-corrected chi connectivity index (χ2v) is 4.98. The number of amides is 1. The predicted octanol–water partition coefficient (Wildman–Crippen LogP) is 2.87. The number of anilines is 1. The SMILES string of the molecule is O=C(Nc1ccc(F)cc1)c1ccc(C#CCCO)s1. The number of carbonyl (C=O) groups excluding carboxylic acids is 1. The maximum Gasteiger partial charge on any atom is 0.265 e. The van der Waals surface area contributed by atoms with Gasteiger partial charge in [0.25, 0.3) is 5.91 Å². The van der Waals surface area contributed by atoms with Gasteiger partial charge in [0.05, 0.1) is 16.4 Å². The zero-order chi connectivity index (χ0) is 14.4. The molecule has 2 aromatic rings. The summed E-state index contributed by atoms with van der Waals surface area (Å²) in [6.45, 7) is 0.0241. The van der Waals surface area contributed by atoms with Crippen LogP contribution in [0, 0.1) is 17.7 Å². The van der Waals surface area contributed by atoms with Crippen molar-refractivity contribution < 1.29 is 14.3 Å². The highest BCUT2D eigenvalue weighted by atomic mass is 32.1. The van der Waals surface area contributed by atoms with Crippen molar-refractivity contribution in [2.75, 3.05) is 11.9 Å². The molecule has 102 valence electrons. The molecule has 2 rings (SSSR count). The largest absolute Gasteiger partial charge is 0.395 e. The van der Waals surface area contributed by atoms with Crippen molar-refractivity contribution in [3.05, 3.63) is 52.0 Å². The van der Waals surface area contributed by atoms with E-state index in [1.165, 1.54) is 35.6 Å². The normalized spacial score (nSPS) is 9.70. The lowest BCUT2D eigenvalue weighted by Gasteiger charge is -2.02. The van der Waals surface area contributed by atoms with Gasteiger partial charge in [-0.1, -0.05) is 11.8 Å². The molecule has 0 aliphatic rings. The highest BCUT2D eigenvalue weighted by molar-refractivity contribution is 7.14. The van der Waals surface area contributed by atoms with Crippen molar-refractivity contribution >= 4 is 22.9 Å². The van der Waals surface area contributed by atoms with E-state index in [1.54, 1.807) is 12.1 Å². The molecule has 0 bridgehead atoms. The quantitative estimate of drug-likeness (QED) is 0.854. The van der Waals surface area contributed by atoms with Crippen molar-refractivity contribution in [1.29, 1.82) is 0 Å². The van der Waals surface area contributed by atoms with Gasteiger partial charge in [0.2, 0.25) is 0 Å². The second-order valence-electron chi connectivity index (χ2n) is 3.90. The van der Waals surface area contributed by atoms with Crippen LogP contribution in [0.1, 0.15) is 21.0 Å². The number of carbonyl (C=O) groups is 1. The molecule has 0 unspecified atom stereocenters. The summed E-state index contributed by atoms with van der Waals surface area (Å²) in [6, 6.07) is 9.03. The second kappa shape index (κ2) is 6.85. The molecule has 0 atom stereocenters. The molecule has 3 nitrogen and oxygen atoms in total. The first-order valence-electron chi connectivity index (χ1n) is 5.95. The molecule has 1 aromatic heterocycles. The Morgan fingerprint density at radius 1 is 1.25 bits per heavy atom. The van der Waals surface area contributed by atoms with E-state index >= 15 is 0 Å². The average Bonchev–Trinajstić information content (AvgIpc) is 2.91. The lowest BCUT2D eigenvalue weighted by Crippen LogP contribution is -2.09. The van der Waals surface area contributed by atoms with Gasteiger partial charge in [0.15, 0.2) is 0 Å². The van der Waals surface area contributed by atoms with Gasteiger partial charge < -0.3 is 10.4 Å². The van der Waals surface area contributed by atoms with Crippen LogP contribution >= 0.6 is 11.3 Å². The van der Waals surface area contributed by atoms with E-state index < -0.39 is 0 Å². The van der Waals surface area contributed by atoms with E-state index in [0.29, 0.717) is 17.0 Å². The fourth-order valence-electron chi connectivity index (χ4n) is 1.46. The number of rotatable bonds is 3. The van der Waals surface area contributed by atoms with E-state index in [4.69, 9.17) is 5.11 Å². The van der Waals surface area contributed by atoms with Crippen molar-refractivity contribution in [3.63, 3.8) is 0 Å². The molecular formula is C15H12FNO2S. The lowest BCUT2D eigenvalue weighted by atomic mass is 10.3. The summed E-state index contributed by atoms with van der Waals surface area (Å²) in [4.78, 5) is 13.3. The van der Waals surface area contributed by atoms with Crippen LogP contribution in [0.15, 0.2) is 36.4 Å². The first-order chi connectivity index (χ1) is 9.69. The van der Waals surface area contributed by atoms with Gasteiger partial charge in [-0.3, -0.25) is 4.79 Å². The number of halogens is 1. The standard InChI is InChI=1S/C15H12FNO2S/c16-11-4-6-12(7-5-11)17-15(19)14-9-8-13(20-14)3-1-2-10-18/h4-9,18H,2,10H2,(H,17,19). The van der Waals surface area contributed by atoms with Crippen LogP contribution < -0.4 is 5.32 Å². The molecule has 1 amide bonds. The van der Waals surface area contributed by atoms with Gasteiger partial charge in [0.1, 0.15) is 5.82 Å². The van der Waals surface area contributed by atoms with Crippen molar-refractivity contribution in [1.82, 2.24) is 0 Å². The van der Waals surface area contributed by atoms with Gasteiger partial charge in [-0.15, -0.1) is 11.3 Å². The van der Waals surface area contributed by atoms with E-state index in [2.05, 4.69) is 17.2 Å². The minimum atomic E-state index is -0.347. The first-order valence-corrected chi connectivity index (χ1v) is 6.77. The first kappa shape index (κ1) is 14.3. The highest BCUT2D eigenvalue weighted by Crippen LogP contribution is 2.17. The Labute approximate surface area is 120 Å². The smallest absolute Gasteiger partial charge is 0.265 e. The topological polar surface area (TPSA) is 49.3 Å². The Morgan fingerprint density at radius 3 is 2.70 bits per heavy atom. The molecule has 0 aliphatic carbocycles. The van der Waals surface area contributed by atoms with Crippen molar-refractivity contribution in [3.8, 4) is 11.8 Å². The van der Waals surface area contributed by atoms with E-state index in [0.717, 1.165) is 4.88 Å². The minimum absolute atomic E-state index is 0.0241. The Bertz CT molecular complexity index is 653. The summed E-state index contributed by atoms with van der Waals surface area (Å²) >= 11 is 1.27. The maximum absolute atomic E-state index is 12.8. The van der Waals surface area contributed by atoms with Crippen LogP contribution in [0.2, 0.25) is 0 Å². The van der Waals surface area contributed by atoms with Gasteiger partial charge in [-0.05, 0) is 36.4 Å². The predicted molar refractivity (Wildman–Crippen MR) is 77.3 cm³/mol. The Kier molecular flexibility index (Phi) is 4.88. The van der Waals surface area contributed by atoms with Crippen LogP contribution in [0.25, 0.3) is 0 Å².